The van der Waals surface area contributed by atoms with Crippen molar-refractivity contribution in [1.29, 1.82) is 5.26 Å². The second-order valence-corrected chi connectivity index (χ2v) is 10.8. The van der Waals surface area contributed by atoms with E-state index in [9.17, 15) is 19.6 Å². The second kappa shape index (κ2) is 11.8. The van der Waals surface area contributed by atoms with Crippen LogP contribution in [0.15, 0.2) is 72.8 Å². The lowest BCUT2D eigenvalue weighted by atomic mass is 9.96. The molecule has 0 radical (unpaired) electrons. The van der Waals surface area contributed by atoms with E-state index in [1.807, 2.05) is 86.6 Å². The minimum atomic E-state index is -0.734. The van der Waals surface area contributed by atoms with Gasteiger partial charge in [0.2, 0.25) is 11.8 Å². The molecule has 40 heavy (non-hydrogen) atoms. The Morgan fingerprint density at radius 2 is 1.75 bits per heavy atom. The molecule has 206 valence electrons. The first-order valence-electron chi connectivity index (χ1n) is 13.7. The SMILES string of the molecule is CC(C)C[C@H]1C(=O)N(Cc2cccc3ccccc23)CC2N1C(=O)CN(CC#N)N2C(=O)NCc1ccccc1. The van der Waals surface area contributed by atoms with Crippen molar-refractivity contribution in [3.63, 3.8) is 0 Å². The third kappa shape index (κ3) is 5.49. The molecule has 0 bridgehead atoms. The molecule has 9 nitrogen and oxygen atoms in total. The van der Waals surface area contributed by atoms with Gasteiger partial charge in [-0.15, -0.1) is 0 Å². The van der Waals surface area contributed by atoms with Gasteiger partial charge < -0.3 is 15.1 Å². The number of amides is 4. The summed E-state index contributed by atoms with van der Waals surface area (Å²) in [6.07, 6.45) is -0.257. The molecule has 1 N–H and O–H groups in total. The molecule has 2 atom stereocenters. The summed E-state index contributed by atoms with van der Waals surface area (Å²) in [7, 11) is 0. The predicted octanol–water partition coefficient (Wildman–Crippen LogP) is 3.72. The van der Waals surface area contributed by atoms with E-state index in [1.54, 1.807) is 9.80 Å². The summed E-state index contributed by atoms with van der Waals surface area (Å²) in [4.78, 5) is 44.5. The van der Waals surface area contributed by atoms with Crippen LogP contribution in [-0.2, 0) is 22.7 Å². The molecule has 2 aliphatic rings. The van der Waals surface area contributed by atoms with E-state index in [4.69, 9.17) is 0 Å². The fraction of sp³-hybridized carbons (Fsp3) is 0.355. The highest BCUT2D eigenvalue weighted by Gasteiger charge is 2.51. The molecule has 3 aromatic rings. The molecule has 1 unspecified atom stereocenters. The minimum Gasteiger partial charge on any atom is -0.333 e. The zero-order chi connectivity index (χ0) is 28.2. The molecule has 4 amide bonds. The van der Waals surface area contributed by atoms with Crippen LogP contribution in [0.3, 0.4) is 0 Å². The van der Waals surface area contributed by atoms with Gasteiger partial charge in [-0.05, 0) is 34.2 Å². The molecule has 0 aromatic heterocycles. The molecular weight excluding hydrogens is 504 g/mol. The van der Waals surface area contributed by atoms with E-state index in [-0.39, 0.29) is 37.4 Å². The lowest BCUT2D eigenvalue weighted by Gasteiger charge is -2.55. The number of carbonyl (C=O) groups is 3. The van der Waals surface area contributed by atoms with Crippen molar-refractivity contribution in [2.75, 3.05) is 19.6 Å². The molecular formula is C31H34N6O3. The van der Waals surface area contributed by atoms with Gasteiger partial charge in [0.25, 0.3) is 0 Å². The van der Waals surface area contributed by atoms with Crippen molar-refractivity contribution in [3.8, 4) is 6.07 Å². The monoisotopic (exact) mass is 538 g/mol. The zero-order valence-electron chi connectivity index (χ0n) is 22.9. The van der Waals surface area contributed by atoms with Crippen LogP contribution >= 0.6 is 0 Å². The Labute approximate surface area is 234 Å². The predicted molar refractivity (Wildman–Crippen MR) is 151 cm³/mol. The number of nitrogens with one attached hydrogen (secondary N) is 1. The number of urea groups is 1. The number of nitrogens with zero attached hydrogens (tertiary/aromatic N) is 5. The van der Waals surface area contributed by atoms with E-state index >= 15 is 0 Å². The highest BCUT2D eigenvalue weighted by Crippen LogP contribution is 2.31. The number of hydrogen-bond donors (Lipinski definition) is 1. The maximum atomic E-state index is 13.9. The molecule has 9 heteroatoms. The topological polar surface area (TPSA) is 100.0 Å². The molecule has 2 fully saturated rings. The maximum Gasteiger partial charge on any atom is 0.334 e. The summed E-state index contributed by atoms with van der Waals surface area (Å²) in [6, 6.07) is 24.6. The normalized spacial score (nSPS) is 19.6. The fourth-order valence-corrected chi connectivity index (χ4v) is 5.72. The first kappa shape index (κ1) is 27.2. The summed E-state index contributed by atoms with van der Waals surface area (Å²) < 4.78 is 0. The van der Waals surface area contributed by atoms with Gasteiger partial charge in [0.05, 0.1) is 19.2 Å². The molecule has 2 aliphatic heterocycles. The number of fused-ring (bicyclic) bond motifs is 2. The van der Waals surface area contributed by atoms with Crippen LogP contribution in [0, 0.1) is 17.2 Å². The first-order valence-corrected chi connectivity index (χ1v) is 13.7. The molecule has 0 aliphatic carbocycles. The van der Waals surface area contributed by atoms with E-state index in [2.05, 4.69) is 11.4 Å². The summed E-state index contributed by atoms with van der Waals surface area (Å²) in [5, 5.41) is 17.6. The van der Waals surface area contributed by atoms with Crippen molar-refractivity contribution in [1.82, 2.24) is 25.1 Å². The molecule has 3 aromatic carbocycles. The zero-order valence-corrected chi connectivity index (χ0v) is 22.9. The maximum absolute atomic E-state index is 13.9. The van der Waals surface area contributed by atoms with Gasteiger partial charge in [0, 0.05) is 13.1 Å². The van der Waals surface area contributed by atoms with Crippen LogP contribution in [0.5, 0.6) is 0 Å². The Balaban J connectivity index is 1.49. The number of hydrogen-bond acceptors (Lipinski definition) is 5. The number of nitriles is 1. The van der Waals surface area contributed by atoms with Crippen molar-refractivity contribution >= 4 is 28.6 Å². The standard InChI is InChI=1S/C31H34N6O3/c1-22(2)17-27-30(39)34(19-25-13-8-12-24-11-6-7-14-26(24)25)20-28-36(27)29(38)21-35(16-15-32)37(28)31(40)33-18-23-9-4-3-5-10-23/h3-14,22,27-28H,16-21H2,1-2H3,(H,33,40)/t27-,28?/m0/s1. The molecule has 0 spiro atoms. The van der Waals surface area contributed by atoms with Crippen LogP contribution < -0.4 is 5.32 Å². The molecule has 5 rings (SSSR count). The number of benzene rings is 3. The summed E-state index contributed by atoms with van der Waals surface area (Å²) >= 11 is 0. The summed E-state index contributed by atoms with van der Waals surface area (Å²) in [5.41, 5.74) is 1.93. The van der Waals surface area contributed by atoms with Crippen LogP contribution in [0.4, 0.5) is 4.79 Å². The van der Waals surface area contributed by atoms with Crippen molar-refractivity contribution in [3.05, 3.63) is 83.9 Å². The fourth-order valence-electron chi connectivity index (χ4n) is 5.72. The number of rotatable bonds is 7. The summed E-state index contributed by atoms with van der Waals surface area (Å²) in [5.74, 6) is -0.224. The van der Waals surface area contributed by atoms with Crippen LogP contribution in [0.1, 0.15) is 31.4 Å². The average molecular weight is 539 g/mol. The Morgan fingerprint density at radius 1 is 1.02 bits per heavy atom. The van der Waals surface area contributed by atoms with Gasteiger partial charge >= 0.3 is 6.03 Å². The van der Waals surface area contributed by atoms with Crippen LogP contribution in [-0.4, -0.2) is 69.5 Å². The Hall–Kier alpha value is -4.42. The van der Waals surface area contributed by atoms with Gasteiger partial charge in [-0.25, -0.2) is 9.80 Å². The quantitative estimate of drug-likeness (QED) is 0.462. The van der Waals surface area contributed by atoms with E-state index in [1.165, 1.54) is 10.0 Å². The van der Waals surface area contributed by atoms with Crippen LogP contribution in [0.25, 0.3) is 10.8 Å². The molecule has 2 saturated heterocycles. The van der Waals surface area contributed by atoms with E-state index in [0.29, 0.717) is 19.5 Å². The second-order valence-electron chi connectivity index (χ2n) is 10.8. The molecule has 2 heterocycles. The lowest BCUT2D eigenvalue weighted by molar-refractivity contribution is -0.190. The Kier molecular flexibility index (Phi) is 7.99. The summed E-state index contributed by atoms with van der Waals surface area (Å²) in [6.45, 7) is 4.56. The van der Waals surface area contributed by atoms with Gasteiger partial charge in [0.1, 0.15) is 18.8 Å². The van der Waals surface area contributed by atoms with Crippen LogP contribution in [0.2, 0.25) is 0 Å². The van der Waals surface area contributed by atoms with Crippen molar-refractivity contribution in [2.24, 2.45) is 5.92 Å². The number of piperazine rings is 1. The van der Waals surface area contributed by atoms with Gasteiger partial charge in [-0.3, -0.25) is 9.59 Å². The third-order valence-electron chi connectivity index (χ3n) is 7.51. The average Bonchev–Trinajstić information content (AvgIpc) is 2.94. The Bertz CT molecular complexity index is 1430. The highest BCUT2D eigenvalue weighted by atomic mass is 16.2. The van der Waals surface area contributed by atoms with Gasteiger partial charge in [-0.1, -0.05) is 86.6 Å². The van der Waals surface area contributed by atoms with Crippen molar-refractivity contribution in [2.45, 2.75) is 45.6 Å². The van der Waals surface area contributed by atoms with Gasteiger partial charge in [-0.2, -0.15) is 10.3 Å². The largest absolute Gasteiger partial charge is 0.334 e. The van der Waals surface area contributed by atoms with E-state index in [0.717, 1.165) is 21.9 Å². The lowest BCUT2D eigenvalue weighted by Crippen LogP contribution is -2.76. The third-order valence-corrected chi connectivity index (χ3v) is 7.51. The van der Waals surface area contributed by atoms with Crippen molar-refractivity contribution < 1.29 is 14.4 Å². The van der Waals surface area contributed by atoms with Gasteiger partial charge in [0.15, 0.2) is 0 Å². The smallest absolute Gasteiger partial charge is 0.333 e. The van der Waals surface area contributed by atoms with E-state index < -0.39 is 18.2 Å². The number of carbonyl (C=O) groups excluding carboxylic acids is 3. The Morgan fingerprint density at radius 3 is 2.50 bits per heavy atom. The minimum absolute atomic E-state index is 0.121. The molecule has 0 saturated carbocycles. The highest BCUT2D eigenvalue weighted by molar-refractivity contribution is 5.92. The first-order chi connectivity index (χ1) is 19.4. The number of hydrazine groups is 1.